The number of thioether (sulfide) groups is 1. The molecule has 65 heavy (non-hydrogen) atoms. The van der Waals surface area contributed by atoms with Crippen LogP contribution >= 0.6 is 23.1 Å². The van der Waals surface area contributed by atoms with Gasteiger partial charge in [0.25, 0.3) is 11.1 Å². The van der Waals surface area contributed by atoms with Gasteiger partial charge in [-0.2, -0.15) is 0 Å². The molecular weight excluding hydrogens is 859 g/mol. The van der Waals surface area contributed by atoms with Crippen molar-refractivity contribution < 1.29 is 33.8 Å². The minimum atomic E-state index is -1.01. The fraction of sp³-hybridized carbons (Fsp3) is 0.294. The first-order valence-corrected chi connectivity index (χ1v) is 23.0. The predicted octanol–water partition coefficient (Wildman–Crippen LogP) is 9.27. The fourth-order valence-corrected chi connectivity index (χ4v) is 9.66. The smallest absolute Gasteiger partial charge is 0.293 e. The van der Waals surface area contributed by atoms with Crippen LogP contribution in [0.3, 0.4) is 0 Å². The van der Waals surface area contributed by atoms with Crippen LogP contribution in [-0.4, -0.2) is 68.5 Å². The molecule has 0 bridgehead atoms. The number of aryl methyl sites for hydroxylation is 3. The second-order valence-electron chi connectivity index (χ2n) is 17.6. The van der Waals surface area contributed by atoms with Gasteiger partial charge in [0.05, 0.1) is 30.5 Å². The maximum Gasteiger partial charge on any atom is 0.293 e. The number of hydrogen-bond acceptors (Lipinski definition) is 9. The second-order valence-corrected chi connectivity index (χ2v) is 19.5. The molecular formula is C51H51N5O7S2. The zero-order valence-electron chi connectivity index (χ0n) is 37.1. The Labute approximate surface area is 387 Å². The van der Waals surface area contributed by atoms with Gasteiger partial charge in [-0.1, -0.05) is 81.4 Å². The number of thiophene rings is 1. The van der Waals surface area contributed by atoms with Crippen LogP contribution in [0.5, 0.6) is 11.5 Å². The molecule has 4 aromatic carbocycles. The summed E-state index contributed by atoms with van der Waals surface area (Å²) in [6.07, 6.45) is 0.769. The van der Waals surface area contributed by atoms with Gasteiger partial charge in [-0.25, -0.2) is 4.85 Å². The Morgan fingerprint density at radius 1 is 0.908 bits per heavy atom. The van der Waals surface area contributed by atoms with Crippen molar-refractivity contribution >= 4 is 63.7 Å². The van der Waals surface area contributed by atoms with Crippen LogP contribution in [0.2, 0.25) is 0 Å². The lowest BCUT2D eigenvalue weighted by Crippen LogP contribution is -2.58. The van der Waals surface area contributed by atoms with Gasteiger partial charge in [0.1, 0.15) is 23.6 Å². The second kappa shape index (κ2) is 19.7. The van der Waals surface area contributed by atoms with E-state index in [9.17, 15) is 29.1 Å². The number of aliphatic hydroxyl groups is 1. The maximum absolute atomic E-state index is 14.2. The number of rotatable bonds is 13. The number of imide groups is 1. The van der Waals surface area contributed by atoms with E-state index in [2.05, 4.69) is 33.8 Å². The molecule has 1 aromatic heterocycles. The van der Waals surface area contributed by atoms with Crippen LogP contribution in [0.1, 0.15) is 66.1 Å². The summed E-state index contributed by atoms with van der Waals surface area (Å²) in [5, 5.41) is 18.1. The van der Waals surface area contributed by atoms with Crippen molar-refractivity contribution in [1.82, 2.24) is 20.4 Å². The SMILES string of the molecule is [C-]#[N+]c1ccc(Oc2ccc(/C=C3\SC(=O)N(Cc4cccc(CC(=O)N[C@H](C(=O)N5C[C@H](O)C[C@H]5C(=O)NCc5ccc(-c6sccc6C)cc5)C(C)(C)C)c4)C3=O)cc2C)c(C)c1. The van der Waals surface area contributed by atoms with E-state index in [4.69, 9.17) is 11.3 Å². The van der Waals surface area contributed by atoms with Crippen molar-refractivity contribution in [3.63, 3.8) is 0 Å². The highest BCUT2D eigenvalue weighted by molar-refractivity contribution is 8.18. The van der Waals surface area contributed by atoms with Crippen molar-refractivity contribution in [2.24, 2.45) is 5.41 Å². The molecule has 12 nitrogen and oxygen atoms in total. The summed E-state index contributed by atoms with van der Waals surface area (Å²) in [5.74, 6) is -0.435. The van der Waals surface area contributed by atoms with Gasteiger partial charge in [0, 0.05) is 24.4 Å². The Kier molecular flexibility index (Phi) is 14.1. The number of benzene rings is 4. The van der Waals surface area contributed by atoms with Crippen molar-refractivity contribution in [1.29, 1.82) is 0 Å². The molecule has 7 rings (SSSR count). The Balaban J connectivity index is 0.954. The standard InChI is InChI=1S/C51H51N5O7S2/c1-30-19-20-64-45(30)37-14-11-33(12-15-37)27-53-47(59)40-26-39(57)29-55(40)49(61)46(51(4,5)6)54-44(58)25-34-9-8-10-36(23-34)28-56-48(60)43(65-50(56)62)24-35-13-17-41(31(2)21-35)63-42-18-16-38(52-7)22-32(42)3/h8-24,39-40,46,57H,25-29H2,1-6H3,(H,53,59)(H,54,58)/b43-24-/t39-,40+,46-/m1/s1. The largest absolute Gasteiger partial charge is 0.457 e. The third-order valence-corrected chi connectivity index (χ3v) is 13.4. The van der Waals surface area contributed by atoms with E-state index >= 15 is 0 Å². The number of β-amino-alcohol motifs (C(OH)–C–C–N with tert-alkyl or cyclic N) is 1. The predicted molar refractivity (Wildman–Crippen MR) is 254 cm³/mol. The molecule has 3 heterocycles. The van der Waals surface area contributed by atoms with E-state index in [0.717, 1.165) is 39.6 Å². The number of nitrogens with zero attached hydrogens (tertiary/aromatic N) is 3. The van der Waals surface area contributed by atoms with Gasteiger partial charge in [0.15, 0.2) is 5.69 Å². The summed E-state index contributed by atoms with van der Waals surface area (Å²) in [5.41, 5.74) is 6.63. The Hall–Kier alpha value is -6.53. The van der Waals surface area contributed by atoms with Crippen molar-refractivity contribution in [3.8, 4) is 21.9 Å². The van der Waals surface area contributed by atoms with E-state index < -0.39 is 46.6 Å². The molecule has 2 saturated heterocycles. The van der Waals surface area contributed by atoms with Gasteiger partial charge < -0.3 is 25.4 Å². The zero-order valence-corrected chi connectivity index (χ0v) is 38.8. The molecule has 2 aliphatic heterocycles. The topological polar surface area (TPSA) is 150 Å². The van der Waals surface area contributed by atoms with Crippen LogP contribution in [0, 0.1) is 32.8 Å². The van der Waals surface area contributed by atoms with Gasteiger partial charge in [0.2, 0.25) is 17.7 Å². The summed E-state index contributed by atoms with van der Waals surface area (Å²) in [6, 6.07) is 25.9. The number of hydrogen-bond donors (Lipinski definition) is 3. The van der Waals surface area contributed by atoms with Crippen LogP contribution in [-0.2, 0) is 38.7 Å². The van der Waals surface area contributed by atoms with Crippen molar-refractivity contribution in [2.45, 2.75) is 85.7 Å². The van der Waals surface area contributed by atoms with Crippen LogP contribution in [0.15, 0.2) is 101 Å². The average Bonchev–Trinajstić information content (AvgIpc) is 3.96. The molecule has 334 valence electrons. The van der Waals surface area contributed by atoms with Gasteiger partial charge in [-0.05, 0) is 124 Å². The first kappa shape index (κ1) is 46.5. The van der Waals surface area contributed by atoms with Crippen LogP contribution < -0.4 is 15.4 Å². The highest BCUT2D eigenvalue weighted by atomic mass is 32.2. The molecule has 3 N–H and O–H groups in total. The van der Waals surface area contributed by atoms with Gasteiger partial charge >= 0.3 is 0 Å². The number of aliphatic hydroxyl groups excluding tert-OH is 1. The highest BCUT2D eigenvalue weighted by Crippen LogP contribution is 2.36. The van der Waals surface area contributed by atoms with E-state index in [1.54, 1.807) is 65.9 Å². The quantitative estimate of drug-likeness (QED) is 0.0782. The molecule has 0 saturated carbocycles. The van der Waals surface area contributed by atoms with E-state index in [1.807, 2.05) is 71.0 Å². The normalized spacial score (nSPS) is 17.3. The van der Waals surface area contributed by atoms with E-state index in [1.165, 1.54) is 20.2 Å². The molecule has 5 amide bonds. The molecule has 14 heteroatoms. The van der Waals surface area contributed by atoms with Crippen molar-refractivity contribution in [3.05, 3.63) is 152 Å². The summed E-state index contributed by atoms with van der Waals surface area (Å²) in [4.78, 5) is 75.5. The van der Waals surface area contributed by atoms with E-state index in [-0.39, 0.29) is 43.3 Å². The lowest BCUT2D eigenvalue weighted by Gasteiger charge is -2.35. The maximum atomic E-state index is 14.2. The molecule has 5 aromatic rings. The molecule has 0 aliphatic carbocycles. The molecule has 0 spiro atoms. The number of ether oxygens (including phenoxy) is 1. The Morgan fingerprint density at radius 3 is 2.28 bits per heavy atom. The number of carbonyl (C=O) groups is 5. The van der Waals surface area contributed by atoms with Gasteiger partial charge in [-0.3, -0.25) is 28.9 Å². The Bertz CT molecular complexity index is 2730. The molecule has 0 unspecified atom stereocenters. The monoisotopic (exact) mass is 909 g/mol. The summed E-state index contributed by atoms with van der Waals surface area (Å²) >= 11 is 2.53. The highest BCUT2D eigenvalue weighted by Gasteiger charge is 2.44. The number of nitrogens with one attached hydrogen (secondary N) is 2. The lowest BCUT2D eigenvalue weighted by atomic mass is 9.85. The average molecular weight is 910 g/mol. The van der Waals surface area contributed by atoms with Crippen molar-refractivity contribution in [2.75, 3.05) is 6.54 Å². The van der Waals surface area contributed by atoms with Crippen LogP contribution in [0.25, 0.3) is 21.4 Å². The minimum Gasteiger partial charge on any atom is -0.457 e. The van der Waals surface area contributed by atoms with Crippen LogP contribution in [0.4, 0.5) is 10.5 Å². The molecule has 0 radical (unpaired) electrons. The molecule has 2 fully saturated rings. The first-order chi connectivity index (χ1) is 31.0. The molecule has 3 atom stereocenters. The van der Waals surface area contributed by atoms with Gasteiger partial charge in [-0.15, -0.1) is 11.3 Å². The number of amides is 5. The fourth-order valence-electron chi connectivity index (χ4n) is 7.89. The first-order valence-electron chi connectivity index (χ1n) is 21.3. The lowest BCUT2D eigenvalue weighted by molar-refractivity contribution is -0.144. The number of likely N-dealkylation sites (tertiary alicyclic amines) is 1. The third-order valence-electron chi connectivity index (χ3n) is 11.4. The summed E-state index contributed by atoms with van der Waals surface area (Å²) in [7, 11) is 0. The summed E-state index contributed by atoms with van der Waals surface area (Å²) in [6.45, 7) is 18.8. The number of carbonyl (C=O) groups excluding carboxylic acids is 5. The minimum absolute atomic E-state index is 0.00108. The third kappa shape index (κ3) is 11.1. The summed E-state index contributed by atoms with van der Waals surface area (Å²) < 4.78 is 6.11. The Morgan fingerprint density at radius 2 is 1.62 bits per heavy atom. The van der Waals surface area contributed by atoms with E-state index in [0.29, 0.717) is 28.3 Å². The zero-order chi connectivity index (χ0) is 46.6. The molecule has 2 aliphatic rings.